The average Bonchev–Trinajstić information content (AvgIpc) is 3.43. The Morgan fingerprint density at radius 1 is 0.257 bits per heavy atom. The summed E-state index contributed by atoms with van der Waals surface area (Å²) in [6.07, 6.45) is 0. The molecular weight excluding hydrogens is 867 g/mol. The molecule has 0 unspecified atom stereocenters. The van der Waals surface area contributed by atoms with Crippen molar-refractivity contribution in [2.24, 2.45) is 0 Å². The number of hydrogen-bond acceptors (Lipinski definition) is 2. The molecule has 0 aliphatic carbocycles. The van der Waals surface area contributed by atoms with Crippen LogP contribution in [0.25, 0.3) is 86.9 Å². The average molecular weight is 907 g/mol. The van der Waals surface area contributed by atoms with Crippen molar-refractivity contribution in [3.63, 3.8) is 0 Å². The number of fused-ring (bicyclic) bond motifs is 16. The summed E-state index contributed by atoms with van der Waals surface area (Å²) in [4.78, 5) is 4.97. The summed E-state index contributed by atoms with van der Waals surface area (Å²) >= 11 is 7.53. The molecule has 0 bridgehead atoms. The number of benzene rings is 13. The summed E-state index contributed by atoms with van der Waals surface area (Å²) in [5.74, 6) is 0. The molecule has 0 saturated heterocycles. The molecule has 2 aliphatic heterocycles. The van der Waals surface area contributed by atoms with E-state index in [1.807, 2.05) is 0 Å². The lowest BCUT2D eigenvalue weighted by Crippen LogP contribution is -2.61. The maximum absolute atomic E-state index is 7.53. The summed E-state index contributed by atoms with van der Waals surface area (Å²) in [5.41, 5.74) is 15.1. The highest BCUT2D eigenvalue weighted by atomic mass is 35.5. The highest BCUT2D eigenvalue weighted by Crippen LogP contribution is 2.49. The largest absolute Gasteiger partial charge is 0.311 e. The van der Waals surface area contributed by atoms with Crippen LogP contribution in [0.5, 0.6) is 0 Å². The maximum Gasteiger partial charge on any atom is 0.252 e. The van der Waals surface area contributed by atoms with Gasteiger partial charge in [0, 0.05) is 39.1 Å². The predicted molar refractivity (Wildman–Crippen MR) is 301 cm³/mol. The third-order valence-corrected chi connectivity index (χ3v) is 15.4. The predicted octanol–water partition coefficient (Wildman–Crippen LogP) is 16.7. The lowest BCUT2D eigenvalue weighted by Gasteiger charge is -2.44. The van der Waals surface area contributed by atoms with Crippen LogP contribution in [0.4, 0.5) is 34.1 Å². The Morgan fingerprint density at radius 2 is 0.586 bits per heavy atom. The summed E-state index contributed by atoms with van der Waals surface area (Å²) < 4.78 is 0. The van der Waals surface area contributed by atoms with Gasteiger partial charge in [0.25, 0.3) is 6.71 Å². The third-order valence-electron chi connectivity index (χ3n) is 15.2. The van der Waals surface area contributed by atoms with E-state index in [2.05, 4.69) is 252 Å². The van der Waals surface area contributed by atoms with Crippen molar-refractivity contribution in [1.82, 2.24) is 0 Å². The SMILES string of the molecule is Clc1cc2c3c(c1)N(c1ccc4c5ccccc5c5ccccc5c4c1)c1ccc(-c4ccccc4)cc1B3c1cc(-c3ccccc3)ccc1N2c1ccc2c3ccccc3c3ccccc3c2c1. The monoisotopic (exact) mass is 906 g/mol. The van der Waals surface area contributed by atoms with E-state index >= 15 is 0 Å². The Labute approximate surface area is 410 Å². The van der Waals surface area contributed by atoms with Crippen molar-refractivity contribution in [3.05, 3.63) is 248 Å². The van der Waals surface area contributed by atoms with Crippen LogP contribution < -0.4 is 26.2 Å². The van der Waals surface area contributed by atoms with Crippen molar-refractivity contribution in [3.8, 4) is 22.3 Å². The molecule has 0 atom stereocenters. The van der Waals surface area contributed by atoms with Crippen molar-refractivity contribution < 1.29 is 0 Å². The first-order chi connectivity index (χ1) is 34.6. The Morgan fingerprint density at radius 3 is 0.957 bits per heavy atom. The lowest BCUT2D eigenvalue weighted by atomic mass is 9.33. The van der Waals surface area contributed by atoms with Gasteiger partial charge in [-0.2, -0.15) is 0 Å². The standard InChI is InChI=1S/C66H40BClN2/c68-45-37-64-66-65(38-45)70(47-30-32-57-53-24-10-8-20-49(53)51-22-12-14-26-55(51)59(57)40-47)63-34-28-44(42-17-5-2-6-18-42)36-61(63)67(66)60-35-43(41-15-3-1-4-16-41)27-33-62(60)69(64)46-29-31-56-52-23-9-7-19-48(52)50-21-11-13-25-54(50)58(56)39-46/h1-40H. The van der Waals surface area contributed by atoms with E-state index in [0.717, 1.165) is 34.1 Å². The molecule has 0 fully saturated rings. The van der Waals surface area contributed by atoms with Gasteiger partial charge in [0.05, 0.1) is 0 Å². The molecule has 0 aromatic heterocycles. The minimum atomic E-state index is -0.109. The van der Waals surface area contributed by atoms with Gasteiger partial charge in [-0.25, -0.2) is 0 Å². The first kappa shape index (κ1) is 39.4. The number of nitrogens with zero attached hydrogens (tertiary/aromatic N) is 2. The van der Waals surface area contributed by atoms with Gasteiger partial charge in [0.2, 0.25) is 0 Å². The quantitative estimate of drug-likeness (QED) is 0.128. The third kappa shape index (κ3) is 5.76. The summed E-state index contributed by atoms with van der Waals surface area (Å²) in [6.45, 7) is -0.109. The van der Waals surface area contributed by atoms with Crippen LogP contribution in [-0.2, 0) is 0 Å². The van der Waals surface area contributed by atoms with Gasteiger partial charge in [0.1, 0.15) is 0 Å². The van der Waals surface area contributed by atoms with E-state index in [4.69, 9.17) is 11.6 Å². The summed E-state index contributed by atoms with van der Waals surface area (Å²) in [6, 6.07) is 89.6. The maximum atomic E-state index is 7.53. The second kappa shape index (κ2) is 15.2. The van der Waals surface area contributed by atoms with Gasteiger partial charge >= 0.3 is 0 Å². The molecule has 0 saturated carbocycles. The molecule has 0 N–H and O–H groups in total. The topological polar surface area (TPSA) is 6.48 Å². The van der Waals surface area contributed by atoms with E-state index in [1.165, 1.54) is 103 Å². The molecule has 15 rings (SSSR count). The van der Waals surface area contributed by atoms with Crippen LogP contribution in [0.3, 0.4) is 0 Å². The zero-order valence-electron chi connectivity index (χ0n) is 37.9. The van der Waals surface area contributed by atoms with E-state index in [-0.39, 0.29) is 6.71 Å². The number of hydrogen-bond donors (Lipinski definition) is 0. The molecule has 2 heterocycles. The molecule has 0 spiro atoms. The van der Waals surface area contributed by atoms with Gasteiger partial charge in [-0.15, -0.1) is 0 Å². The molecule has 70 heavy (non-hydrogen) atoms. The highest BCUT2D eigenvalue weighted by Gasteiger charge is 2.44. The van der Waals surface area contributed by atoms with E-state index in [1.54, 1.807) is 0 Å². The van der Waals surface area contributed by atoms with Gasteiger partial charge in [0.15, 0.2) is 0 Å². The summed E-state index contributed by atoms with van der Waals surface area (Å²) in [7, 11) is 0. The molecule has 2 aliphatic rings. The van der Waals surface area contributed by atoms with Crippen LogP contribution in [0.15, 0.2) is 243 Å². The van der Waals surface area contributed by atoms with Gasteiger partial charge < -0.3 is 9.80 Å². The minimum absolute atomic E-state index is 0.109. The van der Waals surface area contributed by atoms with Crippen LogP contribution in [-0.4, -0.2) is 6.71 Å². The molecule has 324 valence electrons. The first-order valence-electron chi connectivity index (χ1n) is 24.1. The van der Waals surface area contributed by atoms with Gasteiger partial charge in [-0.05, 0) is 152 Å². The number of halogens is 1. The minimum Gasteiger partial charge on any atom is -0.311 e. The smallest absolute Gasteiger partial charge is 0.252 e. The molecular formula is C66H40BClN2. The lowest BCUT2D eigenvalue weighted by molar-refractivity contribution is 1.26. The van der Waals surface area contributed by atoms with Crippen LogP contribution in [0, 0.1) is 0 Å². The Hall–Kier alpha value is -8.63. The fourth-order valence-corrected chi connectivity index (χ4v) is 12.4. The molecule has 13 aromatic rings. The fraction of sp³-hybridized carbons (Fsp3) is 0. The number of rotatable bonds is 4. The van der Waals surface area contributed by atoms with Crippen LogP contribution in [0.2, 0.25) is 5.02 Å². The zero-order chi connectivity index (χ0) is 46.0. The molecule has 4 heteroatoms. The second-order valence-corrected chi connectivity index (χ2v) is 19.3. The van der Waals surface area contributed by atoms with Crippen molar-refractivity contribution in [2.75, 3.05) is 9.80 Å². The highest BCUT2D eigenvalue weighted by molar-refractivity contribution is 7.00. The van der Waals surface area contributed by atoms with Crippen molar-refractivity contribution in [1.29, 1.82) is 0 Å². The van der Waals surface area contributed by atoms with Crippen LogP contribution >= 0.6 is 11.6 Å². The normalized spacial score (nSPS) is 12.8. The second-order valence-electron chi connectivity index (χ2n) is 18.9. The molecule has 13 aromatic carbocycles. The fourth-order valence-electron chi connectivity index (χ4n) is 12.2. The van der Waals surface area contributed by atoms with E-state index < -0.39 is 0 Å². The molecule has 0 amide bonds. The Balaban J connectivity index is 1.04. The Bertz CT molecular complexity index is 3990. The number of anilines is 6. The van der Waals surface area contributed by atoms with E-state index in [0.29, 0.717) is 5.02 Å². The summed E-state index contributed by atoms with van der Waals surface area (Å²) in [5, 5.41) is 15.7. The van der Waals surface area contributed by atoms with Crippen LogP contribution in [0.1, 0.15) is 0 Å². The van der Waals surface area contributed by atoms with Crippen molar-refractivity contribution in [2.45, 2.75) is 0 Å². The molecule has 2 nitrogen and oxygen atoms in total. The van der Waals surface area contributed by atoms with Gasteiger partial charge in [-0.3, -0.25) is 0 Å². The van der Waals surface area contributed by atoms with Gasteiger partial charge in [-0.1, -0.05) is 206 Å². The first-order valence-corrected chi connectivity index (χ1v) is 24.5. The Kier molecular flexibility index (Phi) is 8.54. The van der Waals surface area contributed by atoms with Crippen molar-refractivity contribution >= 4 is 133 Å². The zero-order valence-corrected chi connectivity index (χ0v) is 38.7. The molecule has 0 radical (unpaired) electrons. The van der Waals surface area contributed by atoms with E-state index in [9.17, 15) is 0 Å².